The summed E-state index contributed by atoms with van der Waals surface area (Å²) in [7, 11) is 0. The molecule has 0 spiro atoms. The van der Waals surface area contributed by atoms with E-state index in [9.17, 15) is 4.79 Å². The van der Waals surface area contributed by atoms with Gasteiger partial charge in [-0.15, -0.1) is 0 Å². The average Bonchev–Trinajstić information content (AvgIpc) is 2.23. The Labute approximate surface area is 92.0 Å². The van der Waals surface area contributed by atoms with Gasteiger partial charge < -0.3 is 10.6 Å². The van der Waals surface area contributed by atoms with Crippen molar-refractivity contribution < 1.29 is 4.79 Å². The molecule has 86 valence electrons. The molecule has 2 N–H and O–H groups in total. The molecule has 2 aliphatic rings. The minimum absolute atomic E-state index is 0.222. The van der Waals surface area contributed by atoms with Crippen LogP contribution in [0.25, 0.3) is 0 Å². The van der Waals surface area contributed by atoms with Gasteiger partial charge in [-0.3, -0.25) is 4.79 Å². The van der Waals surface area contributed by atoms with Crippen LogP contribution in [-0.2, 0) is 4.79 Å². The van der Waals surface area contributed by atoms with E-state index < -0.39 is 0 Å². The van der Waals surface area contributed by atoms with Crippen molar-refractivity contribution in [1.29, 1.82) is 0 Å². The normalized spacial score (nSPS) is 27.1. The first kappa shape index (κ1) is 10.9. The van der Waals surface area contributed by atoms with Crippen LogP contribution in [0.5, 0.6) is 0 Å². The number of nitrogens with one attached hydrogen (secondary N) is 2. The van der Waals surface area contributed by atoms with Gasteiger partial charge >= 0.3 is 0 Å². The van der Waals surface area contributed by atoms with Gasteiger partial charge in [0, 0.05) is 13.1 Å². The molecule has 0 bridgehead atoms. The zero-order valence-corrected chi connectivity index (χ0v) is 9.43. The number of piperidine rings is 1. The van der Waals surface area contributed by atoms with Crippen LogP contribution in [0, 0.1) is 11.8 Å². The molecule has 0 radical (unpaired) electrons. The zero-order chi connectivity index (χ0) is 10.5. The Morgan fingerprint density at radius 2 is 2.13 bits per heavy atom. The Kier molecular flexibility index (Phi) is 4.01. The molecule has 15 heavy (non-hydrogen) atoms. The summed E-state index contributed by atoms with van der Waals surface area (Å²) in [6.45, 7) is 2.83. The third-order valence-corrected chi connectivity index (χ3v) is 3.74. The predicted octanol–water partition coefficient (Wildman–Crippen LogP) is 1.29. The summed E-state index contributed by atoms with van der Waals surface area (Å²) in [6.07, 6.45) is 7.53. The third-order valence-electron chi connectivity index (χ3n) is 3.74. The highest BCUT2D eigenvalue weighted by Crippen LogP contribution is 2.28. The minimum atomic E-state index is 0.222. The monoisotopic (exact) mass is 210 g/mol. The van der Waals surface area contributed by atoms with E-state index in [0.717, 1.165) is 38.4 Å². The predicted molar refractivity (Wildman–Crippen MR) is 60.6 cm³/mol. The molecule has 1 heterocycles. The molecule has 1 saturated carbocycles. The molecule has 3 heteroatoms. The van der Waals surface area contributed by atoms with Gasteiger partial charge in [-0.1, -0.05) is 19.3 Å². The Morgan fingerprint density at radius 3 is 2.73 bits per heavy atom. The maximum Gasteiger partial charge on any atom is 0.224 e. The van der Waals surface area contributed by atoms with Crippen molar-refractivity contribution in [2.24, 2.45) is 11.8 Å². The molecular weight excluding hydrogens is 188 g/mol. The highest BCUT2D eigenvalue weighted by atomic mass is 16.1. The van der Waals surface area contributed by atoms with Gasteiger partial charge in [0.2, 0.25) is 5.91 Å². The van der Waals surface area contributed by atoms with Gasteiger partial charge in [-0.25, -0.2) is 0 Å². The fourth-order valence-electron chi connectivity index (χ4n) is 2.40. The molecule has 1 aliphatic heterocycles. The minimum Gasteiger partial charge on any atom is -0.356 e. The van der Waals surface area contributed by atoms with E-state index in [1.165, 1.54) is 25.7 Å². The van der Waals surface area contributed by atoms with Crippen molar-refractivity contribution in [3.63, 3.8) is 0 Å². The van der Waals surface area contributed by atoms with Crippen LogP contribution in [0.15, 0.2) is 0 Å². The van der Waals surface area contributed by atoms with Gasteiger partial charge in [-0.05, 0) is 31.7 Å². The first-order valence-corrected chi connectivity index (χ1v) is 6.34. The number of hydrogen-bond donors (Lipinski definition) is 2. The topological polar surface area (TPSA) is 41.1 Å². The number of rotatable bonds is 4. The van der Waals surface area contributed by atoms with Crippen molar-refractivity contribution in [2.45, 2.75) is 38.5 Å². The fourth-order valence-corrected chi connectivity index (χ4v) is 2.40. The first-order valence-electron chi connectivity index (χ1n) is 6.34. The standard InChI is InChI=1S/C12H22N2O/c15-12(11-5-2-7-13-9-11)14-8-6-10-3-1-4-10/h10-11,13H,1-9H2,(H,14,15)/t11-/m1/s1. The number of carbonyl (C=O) groups is 1. The Morgan fingerprint density at radius 1 is 1.27 bits per heavy atom. The SMILES string of the molecule is O=C(NCCC1CCC1)[C@@H]1CCCNC1. The fraction of sp³-hybridized carbons (Fsp3) is 0.917. The molecule has 0 aromatic carbocycles. The summed E-state index contributed by atoms with van der Waals surface area (Å²) in [5.74, 6) is 1.39. The third kappa shape index (κ3) is 3.20. The molecule has 2 rings (SSSR count). The van der Waals surface area contributed by atoms with Gasteiger partial charge in [0.25, 0.3) is 0 Å². The van der Waals surface area contributed by atoms with Gasteiger partial charge in [-0.2, -0.15) is 0 Å². The molecule has 0 aromatic heterocycles. The molecule has 1 saturated heterocycles. The molecule has 1 atom stereocenters. The Bertz CT molecular complexity index is 208. The number of amides is 1. The quantitative estimate of drug-likeness (QED) is 0.734. The Balaban J connectivity index is 1.58. The van der Waals surface area contributed by atoms with Crippen molar-refractivity contribution in [3.8, 4) is 0 Å². The first-order chi connectivity index (χ1) is 7.36. The summed E-state index contributed by atoms with van der Waals surface area (Å²) in [4.78, 5) is 11.7. The number of hydrogen-bond acceptors (Lipinski definition) is 2. The highest BCUT2D eigenvalue weighted by Gasteiger charge is 2.21. The summed E-state index contributed by atoms with van der Waals surface area (Å²) in [5, 5.41) is 6.35. The van der Waals surface area contributed by atoms with Crippen LogP contribution in [0.2, 0.25) is 0 Å². The highest BCUT2D eigenvalue weighted by molar-refractivity contribution is 5.78. The molecule has 3 nitrogen and oxygen atoms in total. The second kappa shape index (κ2) is 5.50. The number of carbonyl (C=O) groups excluding carboxylic acids is 1. The van der Waals surface area contributed by atoms with Crippen LogP contribution in [0.3, 0.4) is 0 Å². The van der Waals surface area contributed by atoms with Crippen molar-refractivity contribution in [2.75, 3.05) is 19.6 Å². The summed E-state index contributed by atoms with van der Waals surface area (Å²) in [6, 6.07) is 0. The maximum atomic E-state index is 11.7. The largest absolute Gasteiger partial charge is 0.356 e. The smallest absolute Gasteiger partial charge is 0.224 e. The summed E-state index contributed by atoms with van der Waals surface area (Å²) < 4.78 is 0. The van der Waals surface area contributed by atoms with Gasteiger partial charge in [0.05, 0.1) is 5.92 Å². The second-order valence-corrected chi connectivity index (χ2v) is 4.92. The van der Waals surface area contributed by atoms with E-state index in [0.29, 0.717) is 0 Å². The van der Waals surface area contributed by atoms with Gasteiger partial charge in [0.1, 0.15) is 0 Å². The lowest BCUT2D eigenvalue weighted by atomic mass is 9.83. The van der Waals surface area contributed by atoms with Crippen LogP contribution in [-0.4, -0.2) is 25.5 Å². The Hall–Kier alpha value is -0.570. The van der Waals surface area contributed by atoms with E-state index >= 15 is 0 Å². The van der Waals surface area contributed by atoms with Crippen LogP contribution in [0.1, 0.15) is 38.5 Å². The lowest BCUT2D eigenvalue weighted by molar-refractivity contribution is -0.125. The van der Waals surface area contributed by atoms with E-state index in [4.69, 9.17) is 0 Å². The zero-order valence-electron chi connectivity index (χ0n) is 9.43. The van der Waals surface area contributed by atoms with Crippen molar-refractivity contribution in [1.82, 2.24) is 10.6 Å². The van der Waals surface area contributed by atoms with Crippen LogP contribution in [0.4, 0.5) is 0 Å². The van der Waals surface area contributed by atoms with Crippen LogP contribution >= 0.6 is 0 Å². The molecule has 0 aromatic rings. The molecular formula is C12H22N2O. The van der Waals surface area contributed by atoms with Crippen molar-refractivity contribution >= 4 is 5.91 Å². The van der Waals surface area contributed by atoms with E-state index in [-0.39, 0.29) is 11.8 Å². The van der Waals surface area contributed by atoms with E-state index in [1.807, 2.05) is 0 Å². The van der Waals surface area contributed by atoms with E-state index in [2.05, 4.69) is 10.6 Å². The van der Waals surface area contributed by atoms with Crippen molar-refractivity contribution in [3.05, 3.63) is 0 Å². The molecule has 1 amide bonds. The van der Waals surface area contributed by atoms with Crippen LogP contribution < -0.4 is 10.6 Å². The molecule has 1 aliphatic carbocycles. The summed E-state index contributed by atoms with van der Waals surface area (Å²) in [5.41, 5.74) is 0. The van der Waals surface area contributed by atoms with E-state index in [1.54, 1.807) is 0 Å². The lowest BCUT2D eigenvalue weighted by Crippen LogP contribution is -2.41. The molecule has 0 unspecified atom stereocenters. The average molecular weight is 210 g/mol. The summed E-state index contributed by atoms with van der Waals surface area (Å²) >= 11 is 0. The molecule has 2 fully saturated rings. The lowest BCUT2D eigenvalue weighted by Gasteiger charge is -2.26. The second-order valence-electron chi connectivity index (χ2n) is 4.92. The maximum absolute atomic E-state index is 11.7. The van der Waals surface area contributed by atoms with Gasteiger partial charge in [0.15, 0.2) is 0 Å².